The van der Waals surface area contributed by atoms with Gasteiger partial charge in [-0.05, 0) is 41.7 Å². The molecule has 0 spiro atoms. The number of benzene rings is 2. The monoisotopic (exact) mass is 334 g/mol. The Hall–Kier alpha value is -2.75. The molecule has 0 saturated carbocycles. The molecule has 0 saturated heterocycles. The Balaban J connectivity index is 1.90. The third-order valence-corrected chi connectivity index (χ3v) is 4.92. The topological polar surface area (TPSA) is 61.4 Å². The quantitative estimate of drug-likeness (QED) is 0.712. The molecule has 0 amide bonds. The van der Waals surface area contributed by atoms with Crippen molar-refractivity contribution >= 4 is 17.2 Å². The van der Waals surface area contributed by atoms with Crippen molar-refractivity contribution < 1.29 is 9.90 Å². The van der Waals surface area contributed by atoms with E-state index >= 15 is 0 Å². The van der Waals surface area contributed by atoms with Crippen LogP contribution in [0, 0.1) is 5.41 Å². The zero-order valence-corrected chi connectivity index (χ0v) is 14.5. The fourth-order valence-corrected chi connectivity index (χ4v) is 3.84. The number of hydrogen-bond acceptors (Lipinski definition) is 4. The van der Waals surface area contributed by atoms with Gasteiger partial charge in [-0.25, -0.2) is 0 Å². The minimum atomic E-state index is -0.276. The molecule has 1 unspecified atom stereocenters. The second-order valence-electron chi connectivity index (χ2n) is 7.68. The Bertz CT molecular complexity index is 883. The molecule has 1 heterocycles. The lowest BCUT2D eigenvalue weighted by atomic mass is 9.73. The number of rotatable bonds is 1. The van der Waals surface area contributed by atoms with Crippen molar-refractivity contribution in [2.45, 2.75) is 32.7 Å². The van der Waals surface area contributed by atoms with Gasteiger partial charge >= 0.3 is 0 Å². The summed E-state index contributed by atoms with van der Waals surface area (Å²) < 4.78 is 0. The molecule has 4 heteroatoms. The second kappa shape index (κ2) is 5.66. The van der Waals surface area contributed by atoms with E-state index in [4.69, 9.17) is 0 Å². The van der Waals surface area contributed by atoms with Gasteiger partial charge in [-0.15, -0.1) is 0 Å². The summed E-state index contributed by atoms with van der Waals surface area (Å²) in [5, 5.41) is 16.9. The number of fused-ring (bicyclic) bond motifs is 1. The number of allylic oxidation sites excluding steroid dienone is 1. The van der Waals surface area contributed by atoms with Gasteiger partial charge in [-0.3, -0.25) is 4.79 Å². The zero-order chi connectivity index (χ0) is 17.6. The van der Waals surface area contributed by atoms with Crippen LogP contribution in [0.3, 0.4) is 0 Å². The first-order chi connectivity index (χ1) is 11.9. The largest absolute Gasteiger partial charge is 0.508 e. The molecule has 3 N–H and O–H groups in total. The van der Waals surface area contributed by atoms with Crippen LogP contribution in [-0.2, 0) is 4.79 Å². The van der Waals surface area contributed by atoms with E-state index in [1.165, 1.54) is 0 Å². The summed E-state index contributed by atoms with van der Waals surface area (Å²) >= 11 is 0. The first kappa shape index (κ1) is 15.8. The molecular formula is C21H22N2O2. The lowest BCUT2D eigenvalue weighted by molar-refractivity contribution is -0.118. The van der Waals surface area contributed by atoms with E-state index in [-0.39, 0.29) is 23.0 Å². The van der Waals surface area contributed by atoms with Crippen molar-refractivity contribution in [2.75, 3.05) is 10.6 Å². The Labute approximate surface area is 147 Å². The van der Waals surface area contributed by atoms with Crippen molar-refractivity contribution in [3.05, 3.63) is 65.4 Å². The van der Waals surface area contributed by atoms with Gasteiger partial charge in [0.05, 0.1) is 17.4 Å². The number of Topliss-reactive ketones (excluding diaryl/α,β-unsaturated/α-hetero) is 1. The number of aromatic hydroxyl groups is 1. The predicted molar refractivity (Wildman–Crippen MR) is 99.6 cm³/mol. The standard InChI is InChI=1S/C21H22N2O2/c1-21(2)11-17-19(18(25)12-21)20(13-6-5-7-14(24)10-13)23-16-9-4-3-8-15(16)22-17/h3-10,20,22-24H,11-12H2,1-2H3. The number of phenolic OH excluding ortho intramolecular Hbond substituents is 1. The average Bonchev–Trinajstić information content (AvgIpc) is 2.70. The maximum atomic E-state index is 13.0. The summed E-state index contributed by atoms with van der Waals surface area (Å²) in [5.74, 6) is 0.364. The van der Waals surface area contributed by atoms with E-state index in [9.17, 15) is 9.90 Å². The second-order valence-corrected chi connectivity index (χ2v) is 7.68. The van der Waals surface area contributed by atoms with Crippen LogP contribution < -0.4 is 10.6 Å². The van der Waals surface area contributed by atoms with Crippen LogP contribution in [0.1, 0.15) is 38.3 Å². The molecule has 128 valence electrons. The number of hydrogen-bond donors (Lipinski definition) is 3. The van der Waals surface area contributed by atoms with Crippen molar-refractivity contribution in [1.29, 1.82) is 0 Å². The third-order valence-electron chi connectivity index (χ3n) is 4.92. The van der Waals surface area contributed by atoms with Crippen LogP contribution in [0.4, 0.5) is 11.4 Å². The van der Waals surface area contributed by atoms with E-state index in [1.807, 2.05) is 36.4 Å². The molecule has 4 nitrogen and oxygen atoms in total. The number of carbonyl (C=O) groups is 1. The molecule has 0 aromatic heterocycles. The van der Waals surface area contributed by atoms with Gasteiger partial charge in [0.1, 0.15) is 5.75 Å². The Morgan fingerprint density at radius 2 is 1.80 bits per heavy atom. The van der Waals surface area contributed by atoms with E-state index in [0.29, 0.717) is 6.42 Å². The van der Waals surface area contributed by atoms with Gasteiger partial charge in [-0.2, -0.15) is 0 Å². The number of ketones is 1. The SMILES string of the molecule is CC1(C)CC(=O)C2=C(C1)Nc1ccccc1NC2c1cccc(O)c1. The lowest BCUT2D eigenvalue weighted by Gasteiger charge is -2.34. The lowest BCUT2D eigenvalue weighted by Crippen LogP contribution is -2.31. The highest BCUT2D eigenvalue weighted by Crippen LogP contribution is 2.45. The molecule has 2 aromatic rings. The predicted octanol–water partition coefficient (Wildman–Crippen LogP) is 4.61. The van der Waals surface area contributed by atoms with Crippen LogP contribution in [0.15, 0.2) is 59.8 Å². The van der Waals surface area contributed by atoms with Gasteiger partial charge in [0, 0.05) is 17.7 Å². The van der Waals surface area contributed by atoms with Crippen molar-refractivity contribution in [3.63, 3.8) is 0 Å². The molecule has 1 atom stereocenters. The van der Waals surface area contributed by atoms with Gasteiger partial charge in [0.2, 0.25) is 0 Å². The first-order valence-corrected chi connectivity index (χ1v) is 8.61. The smallest absolute Gasteiger partial charge is 0.163 e. The maximum Gasteiger partial charge on any atom is 0.163 e. The van der Waals surface area contributed by atoms with Crippen molar-refractivity contribution in [1.82, 2.24) is 0 Å². The fraction of sp³-hybridized carbons (Fsp3) is 0.286. The van der Waals surface area contributed by atoms with Crippen LogP contribution in [0.25, 0.3) is 0 Å². The molecular weight excluding hydrogens is 312 g/mol. The molecule has 4 rings (SSSR count). The fourth-order valence-electron chi connectivity index (χ4n) is 3.84. The Kier molecular flexibility index (Phi) is 3.57. The van der Waals surface area contributed by atoms with Gasteiger partial charge in [0.15, 0.2) is 5.78 Å². The molecule has 0 fully saturated rings. The highest BCUT2D eigenvalue weighted by atomic mass is 16.3. The molecule has 0 bridgehead atoms. The summed E-state index contributed by atoms with van der Waals surface area (Å²) in [6.07, 6.45) is 1.35. The van der Waals surface area contributed by atoms with E-state index in [1.54, 1.807) is 12.1 Å². The van der Waals surface area contributed by atoms with Crippen LogP contribution in [0.2, 0.25) is 0 Å². The van der Waals surface area contributed by atoms with E-state index in [0.717, 1.165) is 34.6 Å². The average molecular weight is 334 g/mol. The Morgan fingerprint density at radius 1 is 1.04 bits per heavy atom. The van der Waals surface area contributed by atoms with Crippen LogP contribution >= 0.6 is 0 Å². The van der Waals surface area contributed by atoms with E-state index in [2.05, 4.69) is 24.5 Å². The maximum absolute atomic E-state index is 13.0. The molecule has 0 radical (unpaired) electrons. The summed E-state index contributed by atoms with van der Waals surface area (Å²) in [6, 6.07) is 14.8. The zero-order valence-electron chi connectivity index (χ0n) is 14.5. The normalized spacial score (nSPS) is 21.5. The van der Waals surface area contributed by atoms with Crippen LogP contribution in [-0.4, -0.2) is 10.9 Å². The summed E-state index contributed by atoms with van der Waals surface area (Å²) in [4.78, 5) is 13.0. The summed E-state index contributed by atoms with van der Waals surface area (Å²) in [7, 11) is 0. The summed E-state index contributed by atoms with van der Waals surface area (Å²) in [5.41, 5.74) is 4.51. The van der Waals surface area contributed by atoms with E-state index < -0.39 is 0 Å². The van der Waals surface area contributed by atoms with Gasteiger partial charge < -0.3 is 15.7 Å². The molecule has 2 aliphatic rings. The van der Waals surface area contributed by atoms with Crippen molar-refractivity contribution in [3.8, 4) is 5.75 Å². The number of phenols is 1. The first-order valence-electron chi connectivity index (χ1n) is 8.61. The van der Waals surface area contributed by atoms with Gasteiger partial charge in [0.25, 0.3) is 0 Å². The van der Waals surface area contributed by atoms with Crippen molar-refractivity contribution in [2.24, 2.45) is 5.41 Å². The Morgan fingerprint density at radius 3 is 2.56 bits per heavy atom. The number of anilines is 2. The molecule has 2 aromatic carbocycles. The van der Waals surface area contributed by atoms with Crippen LogP contribution in [0.5, 0.6) is 5.75 Å². The number of carbonyl (C=O) groups excluding carboxylic acids is 1. The molecule has 1 aliphatic carbocycles. The molecule has 25 heavy (non-hydrogen) atoms. The summed E-state index contributed by atoms with van der Waals surface area (Å²) in [6.45, 7) is 4.26. The minimum Gasteiger partial charge on any atom is -0.508 e. The third kappa shape index (κ3) is 2.88. The number of nitrogens with one attached hydrogen (secondary N) is 2. The number of para-hydroxylation sites is 2. The molecule has 1 aliphatic heterocycles. The highest BCUT2D eigenvalue weighted by molar-refractivity contribution is 6.01. The minimum absolute atomic E-state index is 0.0639. The van der Waals surface area contributed by atoms with Gasteiger partial charge in [-0.1, -0.05) is 38.1 Å². The highest BCUT2D eigenvalue weighted by Gasteiger charge is 2.38.